The van der Waals surface area contributed by atoms with E-state index in [9.17, 15) is 14.4 Å². The average Bonchev–Trinajstić information content (AvgIpc) is 3.28. The molecule has 0 bridgehead atoms. The maximum absolute atomic E-state index is 12.9. The Morgan fingerprint density at radius 1 is 0.292 bits per heavy atom. The molecule has 0 radical (unpaired) electrons. The molecule has 0 saturated heterocycles. The van der Waals surface area contributed by atoms with E-state index in [2.05, 4.69) is 34.6 Å². The lowest BCUT2D eigenvalue weighted by Crippen LogP contribution is -2.30. The van der Waals surface area contributed by atoms with Crippen LogP contribution in [-0.4, -0.2) is 37.2 Å². The number of hydrogen-bond acceptors (Lipinski definition) is 6. The highest BCUT2D eigenvalue weighted by atomic mass is 16.6. The summed E-state index contributed by atoms with van der Waals surface area (Å²) >= 11 is 0. The van der Waals surface area contributed by atoms with E-state index in [4.69, 9.17) is 14.2 Å². The molecule has 6 heteroatoms. The highest BCUT2D eigenvalue weighted by Gasteiger charge is 2.19. The summed E-state index contributed by atoms with van der Waals surface area (Å²) in [6.45, 7) is 11.4. The van der Waals surface area contributed by atoms with Crippen molar-refractivity contribution in [1.82, 2.24) is 0 Å². The monoisotopic (exact) mass is 919 g/mol. The number of ether oxygens (including phenoxy) is 3. The molecule has 0 spiro atoms. The van der Waals surface area contributed by atoms with Crippen LogP contribution in [0.15, 0.2) is 0 Å². The van der Waals surface area contributed by atoms with Gasteiger partial charge in [0.1, 0.15) is 13.2 Å². The molecule has 0 aromatic heterocycles. The maximum Gasteiger partial charge on any atom is 0.306 e. The fourth-order valence-electron chi connectivity index (χ4n) is 9.05. The Hall–Kier alpha value is -1.59. The van der Waals surface area contributed by atoms with Crippen LogP contribution in [-0.2, 0) is 28.6 Å². The van der Waals surface area contributed by atoms with Crippen molar-refractivity contribution >= 4 is 17.9 Å². The molecule has 0 aliphatic heterocycles. The van der Waals surface area contributed by atoms with Crippen molar-refractivity contribution in [3.8, 4) is 0 Å². The Morgan fingerprint density at radius 2 is 0.508 bits per heavy atom. The van der Waals surface area contributed by atoms with Crippen molar-refractivity contribution in [2.45, 2.75) is 336 Å². The molecule has 0 aromatic rings. The van der Waals surface area contributed by atoms with Crippen LogP contribution in [0.1, 0.15) is 330 Å². The van der Waals surface area contributed by atoms with Gasteiger partial charge in [0.15, 0.2) is 6.10 Å². The molecule has 65 heavy (non-hydrogen) atoms. The lowest BCUT2D eigenvalue weighted by atomic mass is 10.0. The third kappa shape index (κ3) is 53.2. The van der Waals surface area contributed by atoms with Crippen LogP contribution in [0.5, 0.6) is 0 Å². The van der Waals surface area contributed by atoms with Gasteiger partial charge in [0.2, 0.25) is 0 Å². The minimum absolute atomic E-state index is 0.0626. The zero-order chi connectivity index (χ0) is 47.5. The normalized spacial score (nSPS) is 12.0. The summed E-state index contributed by atoms with van der Waals surface area (Å²) in [5.74, 6) is 0.833. The summed E-state index contributed by atoms with van der Waals surface area (Å²) in [7, 11) is 0. The van der Waals surface area contributed by atoms with Gasteiger partial charge in [0.05, 0.1) is 0 Å². The van der Waals surface area contributed by atoms with Gasteiger partial charge in [-0.05, 0) is 31.1 Å². The molecule has 0 amide bonds. The standard InChI is InChI=1S/C59H114O6/c1-6-7-8-9-10-11-12-13-14-15-20-25-31-36-41-46-51-59(62)65-56(53-64-58(61)50-45-40-35-30-26-21-23-28-33-38-43-48-55(4)5)52-63-57(60)49-44-39-34-29-24-19-17-16-18-22-27-32-37-42-47-54(2)3/h54-56H,6-53H2,1-5H3/t56-/m0/s1. The summed E-state index contributed by atoms with van der Waals surface area (Å²) in [4.78, 5) is 38.2. The third-order valence-electron chi connectivity index (χ3n) is 13.5. The van der Waals surface area contributed by atoms with Gasteiger partial charge in [0.25, 0.3) is 0 Å². The van der Waals surface area contributed by atoms with Crippen molar-refractivity contribution in [2.75, 3.05) is 13.2 Å². The van der Waals surface area contributed by atoms with Crippen molar-refractivity contribution < 1.29 is 28.6 Å². The fourth-order valence-corrected chi connectivity index (χ4v) is 9.05. The molecule has 0 rings (SSSR count). The van der Waals surface area contributed by atoms with Crippen molar-refractivity contribution in [1.29, 1.82) is 0 Å². The molecule has 0 saturated carbocycles. The highest BCUT2D eigenvalue weighted by Crippen LogP contribution is 2.18. The first kappa shape index (κ1) is 63.4. The Morgan fingerprint density at radius 3 is 0.754 bits per heavy atom. The molecule has 0 aliphatic carbocycles. The SMILES string of the molecule is CCCCCCCCCCCCCCCCCCC(=O)O[C@@H](COC(=O)CCCCCCCCCCCCCCCCC(C)C)COC(=O)CCCCCCCCCCCCCC(C)C. The molecular weight excluding hydrogens is 805 g/mol. The van der Waals surface area contributed by atoms with E-state index in [1.54, 1.807) is 0 Å². The first-order valence-corrected chi connectivity index (χ1v) is 29.2. The number of rotatable bonds is 53. The van der Waals surface area contributed by atoms with Gasteiger partial charge in [0, 0.05) is 19.3 Å². The first-order valence-electron chi connectivity index (χ1n) is 29.2. The summed E-state index contributed by atoms with van der Waals surface area (Å²) in [5.41, 5.74) is 0. The number of esters is 3. The maximum atomic E-state index is 12.9. The predicted octanol–water partition coefficient (Wildman–Crippen LogP) is 19.3. The zero-order valence-corrected chi connectivity index (χ0v) is 44.6. The van der Waals surface area contributed by atoms with E-state index in [-0.39, 0.29) is 31.1 Å². The second-order valence-corrected chi connectivity index (χ2v) is 21.2. The van der Waals surface area contributed by atoms with Crippen LogP contribution < -0.4 is 0 Å². The van der Waals surface area contributed by atoms with E-state index in [1.165, 1.54) is 218 Å². The Bertz CT molecular complexity index is 993. The number of carbonyl (C=O) groups excluding carboxylic acids is 3. The molecule has 0 fully saturated rings. The van der Waals surface area contributed by atoms with Crippen LogP contribution in [0, 0.1) is 11.8 Å². The molecule has 0 aliphatic rings. The van der Waals surface area contributed by atoms with E-state index in [1.807, 2.05) is 0 Å². The zero-order valence-electron chi connectivity index (χ0n) is 44.6. The van der Waals surface area contributed by atoms with Crippen LogP contribution in [0.2, 0.25) is 0 Å². The van der Waals surface area contributed by atoms with Crippen molar-refractivity contribution in [2.24, 2.45) is 11.8 Å². The minimum Gasteiger partial charge on any atom is -0.462 e. The van der Waals surface area contributed by atoms with Gasteiger partial charge in [-0.3, -0.25) is 14.4 Å². The summed E-state index contributed by atoms with van der Waals surface area (Å²) < 4.78 is 16.9. The van der Waals surface area contributed by atoms with Crippen LogP contribution >= 0.6 is 0 Å². The molecule has 1 atom stereocenters. The van der Waals surface area contributed by atoms with Crippen LogP contribution in [0.3, 0.4) is 0 Å². The van der Waals surface area contributed by atoms with E-state index in [0.29, 0.717) is 19.3 Å². The molecule has 6 nitrogen and oxygen atoms in total. The molecule has 0 heterocycles. The molecule has 386 valence electrons. The molecule has 0 unspecified atom stereocenters. The average molecular weight is 920 g/mol. The van der Waals surface area contributed by atoms with Gasteiger partial charge in [-0.25, -0.2) is 0 Å². The van der Waals surface area contributed by atoms with Crippen molar-refractivity contribution in [3.63, 3.8) is 0 Å². The van der Waals surface area contributed by atoms with Gasteiger partial charge in [-0.15, -0.1) is 0 Å². The van der Waals surface area contributed by atoms with Gasteiger partial charge >= 0.3 is 17.9 Å². The van der Waals surface area contributed by atoms with Crippen LogP contribution in [0.25, 0.3) is 0 Å². The summed E-state index contributed by atoms with van der Waals surface area (Å²) in [6, 6.07) is 0. The Labute approximate surface area is 406 Å². The van der Waals surface area contributed by atoms with E-state index in [0.717, 1.165) is 69.6 Å². The number of hydrogen-bond donors (Lipinski definition) is 0. The third-order valence-corrected chi connectivity index (χ3v) is 13.5. The smallest absolute Gasteiger partial charge is 0.306 e. The van der Waals surface area contributed by atoms with Gasteiger partial charge in [-0.1, -0.05) is 291 Å². The topological polar surface area (TPSA) is 78.9 Å². The predicted molar refractivity (Wildman–Crippen MR) is 280 cm³/mol. The first-order chi connectivity index (χ1) is 31.7. The molecule has 0 aromatic carbocycles. The van der Waals surface area contributed by atoms with Crippen molar-refractivity contribution in [3.05, 3.63) is 0 Å². The summed E-state index contributed by atoms with van der Waals surface area (Å²) in [6.07, 6.45) is 55.2. The van der Waals surface area contributed by atoms with Gasteiger partial charge in [-0.2, -0.15) is 0 Å². The number of unbranched alkanes of at least 4 members (excludes halogenated alkanes) is 38. The largest absolute Gasteiger partial charge is 0.462 e. The summed E-state index contributed by atoms with van der Waals surface area (Å²) in [5, 5.41) is 0. The van der Waals surface area contributed by atoms with E-state index >= 15 is 0 Å². The van der Waals surface area contributed by atoms with E-state index < -0.39 is 6.10 Å². The van der Waals surface area contributed by atoms with Gasteiger partial charge < -0.3 is 14.2 Å². The lowest BCUT2D eigenvalue weighted by Gasteiger charge is -2.18. The lowest BCUT2D eigenvalue weighted by molar-refractivity contribution is -0.167. The Kier molecular flexibility index (Phi) is 50.5. The highest BCUT2D eigenvalue weighted by molar-refractivity contribution is 5.71. The number of carbonyl (C=O) groups is 3. The second-order valence-electron chi connectivity index (χ2n) is 21.2. The molecular formula is C59H114O6. The fraction of sp³-hybridized carbons (Fsp3) is 0.949. The second kappa shape index (κ2) is 51.8. The molecule has 0 N–H and O–H groups in total. The van der Waals surface area contributed by atoms with Crippen LogP contribution in [0.4, 0.5) is 0 Å². The minimum atomic E-state index is -0.763. The Balaban J connectivity index is 4.30. The quantitative estimate of drug-likeness (QED) is 0.0344.